The number of hydrogen-bond donors (Lipinski definition) is 1. The van der Waals surface area contributed by atoms with Crippen LogP contribution in [0.2, 0.25) is 0 Å². The minimum Gasteiger partial charge on any atom is -0.495 e. The molecule has 132 valence electrons. The van der Waals surface area contributed by atoms with Crippen LogP contribution in [0.5, 0.6) is 5.75 Å². The summed E-state index contributed by atoms with van der Waals surface area (Å²) in [4.78, 5) is 24.6. The van der Waals surface area contributed by atoms with Gasteiger partial charge in [0.25, 0.3) is 0 Å². The molecule has 0 aromatic heterocycles. The smallest absolute Gasteiger partial charge is 0.244 e. The molecule has 0 aliphatic carbocycles. The second kappa shape index (κ2) is 7.73. The van der Waals surface area contributed by atoms with Crippen LogP contribution in [0.4, 0.5) is 5.69 Å². The first-order valence-corrected chi connectivity index (χ1v) is 8.91. The molecule has 0 bridgehead atoms. The number of sulfonamides is 1. The Balaban J connectivity index is 2.32. The highest BCUT2D eigenvalue weighted by molar-refractivity contribution is 7.89. The van der Waals surface area contributed by atoms with E-state index in [0.29, 0.717) is 13.0 Å². The number of rotatable bonds is 8. The molecular formula is C15H20N2O6S. The van der Waals surface area contributed by atoms with E-state index in [1.165, 1.54) is 32.4 Å². The van der Waals surface area contributed by atoms with Gasteiger partial charge in [-0.3, -0.25) is 14.5 Å². The lowest BCUT2D eigenvalue weighted by atomic mass is 10.2. The van der Waals surface area contributed by atoms with Gasteiger partial charge in [0, 0.05) is 33.1 Å². The molecule has 1 aliphatic rings. The molecule has 1 aromatic rings. The molecule has 0 unspecified atom stereocenters. The molecule has 1 heterocycles. The van der Waals surface area contributed by atoms with Crippen LogP contribution in [0.15, 0.2) is 23.1 Å². The minimum absolute atomic E-state index is 0.118. The third-order valence-corrected chi connectivity index (χ3v) is 5.05. The highest BCUT2D eigenvalue weighted by Crippen LogP contribution is 2.31. The van der Waals surface area contributed by atoms with Crippen molar-refractivity contribution in [1.29, 1.82) is 0 Å². The summed E-state index contributed by atoms with van der Waals surface area (Å²) >= 11 is 0. The summed E-state index contributed by atoms with van der Waals surface area (Å²) in [7, 11) is -0.965. The fourth-order valence-electron chi connectivity index (χ4n) is 2.38. The Morgan fingerprint density at radius 3 is 2.42 bits per heavy atom. The maximum absolute atomic E-state index is 12.5. The van der Waals surface area contributed by atoms with Crippen molar-refractivity contribution >= 4 is 27.5 Å². The Bertz CT molecular complexity index is 715. The number of methoxy groups -OCH3 is 2. The lowest BCUT2D eigenvalue weighted by Gasteiger charge is -2.17. The fraction of sp³-hybridized carbons (Fsp3) is 0.467. The van der Waals surface area contributed by atoms with Crippen LogP contribution >= 0.6 is 0 Å². The molecule has 0 radical (unpaired) electrons. The van der Waals surface area contributed by atoms with Crippen LogP contribution in [0.3, 0.4) is 0 Å². The maximum atomic E-state index is 12.5. The van der Waals surface area contributed by atoms with Gasteiger partial charge >= 0.3 is 0 Å². The molecule has 0 atom stereocenters. The van der Waals surface area contributed by atoms with Gasteiger partial charge in [-0.15, -0.1) is 0 Å². The van der Waals surface area contributed by atoms with Gasteiger partial charge in [0.15, 0.2) is 0 Å². The molecule has 1 saturated heterocycles. The molecule has 9 heteroatoms. The van der Waals surface area contributed by atoms with Crippen LogP contribution in [0.1, 0.15) is 19.3 Å². The third-order valence-electron chi connectivity index (χ3n) is 3.56. The van der Waals surface area contributed by atoms with Crippen molar-refractivity contribution in [2.75, 3.05) is 32.3 Å². The zero-order chi connectivity index (χ0) is 17.7. The summed E-state index contributed by atoms with van der Waals surface area (Å²) in [6.07, 6.45) is 0.769. The van der Waals surface area contributed by atoms with E-state index in [1.807, 2.05) is 0 Å². The number of anilines is 1. The van der Waals surface area contributed by atoms with Crippen LogP contribution in [0.25, 0.3) is 0 Å². The number of nitrogens with one attached hydrogen (secondary N) is 1. The summed E-state index contributed by atoms with van der Waals surface area (Å²) in [6.45, 7) is 0.627. The van der Waals surface area contributed by atoms with Gasteiger partial charge in [-0.05, 0) is 24.6 Å². The number of carbonyl (C=O) groups excluding carboxylic acids is 2. The first kappa shape index (κ1) is 18.4. The van der Waals surface area contributed by atoms with Crippen molar-refractivity contribution in [3.63, 3.8) is 0 Å². The number of imide groups is 1. The predicted molar refractivity (Wildman–Crippen MR) is 86.4 cm³/mol. The van der Waals surface area contributed by atoms with Crippen LogP contribution in [-0.2, 0) is 24.3 Å². The molecule has 1 aromatic carbocycles. The highest BCUT2D eigenvalue weighted by atomic mass is 32.2. The van der Waals surface area contributed by atoms with Crippen LogP contribution < -0.4 is 14.4 Å². The van der Waals surface area contributed by atoms with Gasteiger partial charge in [0.05, 0.1) is 12.8 Å². The van der Waals surface area contributed by atoms with Crippen molar-refractivity contribution in [3.05, 3.63) is 18.2 Å². The third kappa shape index (κ3) is 3.92. The summed E-state index contributed by atoms with van der Waals surface area (Å²) in [5.41, 5.74) is 0.223. The number of carbonyl (C=O) groups is 2. The van der Waals surface area contributed by atoms with E-state index in [4.69, 9.17) is 9.47 Å². The summed E-state index contributed by atoms with van der Waals surface area (Å²) in [6, 6.07) is 4.19. The van der Waals surface area contributed by atoms with Crippen LogP contribution in [-0.4, -0.2) is 47.6 Å². The molecule has 1 N–H and O–H groups in total. The first-order valence-electron chi connectivity index (χ1n) is 7.43. The van der Waals surface area contributed by atoms with Crippen LogP contribution in [0, 0.1) is 0 Å². The topological polar surface area (TPSA) is 102 Å². The monoisotopic (exact) mass is 356 g/mol. The minimum atomic E-state index is -3.85. The van der Waals surface area contributed by atoms with Gasteiger partial charge in [-0.25, -0.2) is 13.1 Å². The summed E-state index contributed by atoms with van der Waals surface area (Å²) < 4.78 is 37.4. The fourth-order valence-corrected chi connectivity index (χ4v) is 3.64. The van der Waals surface area contributed by atoms with E-state index in [-0.39, 0.29) is 47.5 Å². The van der Waals surface area contributed by atoms with E-state index in [1.54, 1.807) is 0 Å². The van der Waals surface area contributed by atoms with Gasteiger partial charge in [0.1, 0.15) is 10.6 Å². The van der Waals surface area contributed by atoms with Crippen molar-refractivity contribution in [1.82, 2.24) is 4.72 Å². The van der Waals surface area contributed by atoms with E-state index in [0.717, 1.165) is 4.90 Å². The Hall–Kier alpha value is -1.97. The summed E-state index contributed by atoms with van der Waals surface area (Å²) in [5, 5.41) is 0. The molecule has 1 aliphatic heterocycles. The number of hydrogen-bond acceptors (Lipinski definition) is 6. The molecule has 24 heavy (non-hydrogen) atoms. The molecule has 2 rings (SSSR count). The standard InChI is InChI=1S/C15H20N2O6S/c1-22-9-3-8-16-24(20,21)13-10-11(4-5-12(13)23-2)17-14(18)6-7-15(17)19/h4-5,10,16H,3,6-9H2,1-2H3. The SMILES string of the molecule is COCCCNS(=O)(=O)c1cc(N2C(=O)CCC2=O)ccc1OC. The molecular weight excluding hydrogens is 336 g/mol. The number of amides is 2. The average Bonchev–Trinajstić information content (AvgIpc) is 2.90. The Morgan fingerprint density at radius 1 is 1.17 bits per heavy atom. The van der Waals surface area contributed by atoms with E-state index >= 15 is 0 Å². The zero-order valence-corrected chi connectivity index (χ0v) is 14.4. The summed E-state index contributed by atoms with van der Waals surface area (Å²) in [5.74, 6) is -0.555. The Morgan fingerprint density at radius 2 is 1.83 bits per heavy atom. The first-order chi connectivity index (χ1) is 11.4. The quantitative estimate of drug-likeness (QED) is 0.542. The van der Waals surface area contributed by atoms with Gasteiger partial charge in [0.2, 0.25) is 21.8 Å². The number of nitrogens with zero attached hydrogens (tertiary/aromatic N) is 1. The second-order valence-corrected chi connectivity index (χ2v) is 6.94. The normalized spacial score (nSPS) is 15.2. The molecule has 0 saturated carbocycles. The van der Waals surface area contributed by atoms with Crippen molar-refractivity contribution < 1.29 is 27.5 Å². The lowest BCUT2D eigenvalue weighted by molar-refractivity contribution is -0.121. The Labute approximate surface area is 140 Å². The van der Waals surface area contributed by atoms with E-state index in [9.17, 15) is 18.0 Å². The Kier molecular flexibility index (Phi) is 5.92. The number of benzene rings is 1. The number of ether oxygens (including phenoxy) is 2. The average molecular weight is 356 g/mol. The van der Waals surface area contributed by atoms with Gasteiger partial charge in [-0.1, -0.05) is 0 Å². The van der Waals surface area contributed by atoms with Gasteiger partial charge < -0.3 is 9.47 Å². The molecule has 2 amide bonds. The largest absolute Gasteiger partial charge is 0.495 e. The van der Waals surface area contributed by atoms with Crippen molar-refractivity contribution in [2.24, 2.45) is 0 Å². The highest BCUT2D eigenvalue weighted by Gasteiger charge is 2.31. The maximum Gasteiger partial charge on any atom is 0.244 e. The van der Waals surface area contributed by atoms with Gasteiger partial charge in [-0.2, -0.15) is 0 Å². The molecule has 8 nitrogen and oxygen atoms in total. The second-order valence-electron chi connectivity index (χ2n) is 5.20. The molecule has 0 spiro atoms. The molecule has 1 fully saturated rings. The van der Waals surface area contributed by atoms with Crippen molar-refractivity contribution in [3.8, 4) is 5.75 Å². The van der Waals surface area contributed by atoms with Crippen molar-refractivity contribution in [2.45, 2.75) is 24.2 Å². The van der Waals surface area contributed by atoms with E-state index < -0.39 is 10.0 Å². The zero-order valence-electron chi connectivity index (χ0n) is 13.6. The van der Waals surface area contributed by atoms with E-state index in [2.05, 4.69) is 4.72 Å². The predicted octanol–water partition coefficient (Wildman–Crippen LogP) is 0.663. The lowest BCUT2D eigenvalue weighted by Crippen LogP contribution is -2.30.